The van der Waals surface area contributed by atoms with Crippen molar-refractivity contribution in [3.63, 3.8) is 0 Å². The number of aliphatic carboxylic acids is 1. The summed E-state index contributed by atoms with van der Waals surface area (Å²) in [5, 5.41) is 9.25. The van der Waals surface area contributed by atoms with E-state index in [0.717, 1.165) is 5.56 Å². The minimum Gasteiger partial charge on any atom is -0.481 e. The van der Waals surface area contributed by atoms with Gasteiger partial charge in [-0.2, -0.15) is 0 Å². The molecule has 0 aromatic carbocycles. The van der Waals surface area contributed by atoms with Crippen LogP contribution in [0.4, 0.5) is 0 Å². The molecule has 1 rings (SSSR count). The van der Waals surface area contributed by atoms with Gasteiger partial charge >= 0.3 is 5.97 Å². The van der Waals surface area contributed by atoms with Crippen molar-refractivity contribution >= 4 is 5.97 Å². The molecule has 0 aliphatic rings. The summed E-state index contributed by atoms with van der Waals surface area (Å²) in [5.41, 5.74) is 1.26. The number of carboxylic acids is 1. The lowest BCUT2D eigenvalue weighted by molar-refractivity contribution is -0.387. The maximum atomic E-state index is 11.3. The van der Waals surface area contributed by atoms with E-state index in [1.165, 1.54) is 0 Å². The average Bonchev–Trinajstić information content (AvgIpc) is 2.89. The Kier molecular flexibility index (Phi) is 20.0. The number of carbonyl (C=O) groups is 1. The lowest BCUT2D eigenvalue weighted by atomic mass is 10.0. The third kappa shape index (κ3) is 16.7. The lowest BCUT2D eigenvalue weighted by Gasteiger charge is -2.33. The quantitative estimate of drug-likeness (QED) is 0.136. The molecule has 0 saturated carbocycles. The molecule has 0 aliphatic heterocycles. The van der Waals surface area contributed by atoms with Crippen LogP contribution in [-0.2, 0) is 60.3 Å². The Bertz CT molecular complexity index is 652. The van der Waals surface area contributed by atoms with Gasteiger partial charge in [0, 0.05) is 33.9 Å². The Morgan fingerprint density at radius 2 is 1.22 bits per heavy atom. The number of rotatable bonds is 26. The second kappa shape index (κ2) is 22.3. The number of aromatic nitrogens is 1. The van der Waals surface area contributed by atoms with Gasteiger partial charge in [-0.1, -0.05) is 6.07 Å². The highest BCUT2D eigenvalue weighted by Gasteiger charge is 2.34. The Labute approximate surface area is 219 Å². The highest BCUT2D eigenvalue weighted by atomic mass is 16.9. The van der Waals surface area contributed by atoms with Crippen molar-refractivity contribution in [3.05, 3.63) is 29.6 Å². The van der Waals surface area contributed by atoms with Crippen molar-refractivity contribution in [2.75, 3.05) is 101 Å². The van der Waals surface area contributed by atoms with Crippen molar-refractivity contribution in [1.29, 1.82) is 0 Å². The summed E-state index contributed by atoms with van der Waals surface area (Å²) in [7, 11) is 4.81. The first-order chi connectivity index (χ1) is 18.1. The van der Waals surface area contributed by atoms with Crippen molar-refractivity contribution in [2.45, 2.75) is 25.2 Å². The van der Waals surface area contributed by atoms with Crippen molar-refractivity contribution in [2.24, 2.45) is 0 Å². The topological polar surface area (TPSA) is 133 Å². The van der Waals surface area contributed by atoms with Gasteiger partial charge in [0.15, 0.2) is 0 Å². The molecule has 0 atom stereocenters. The molecule has 12 heteroatoms. The third-order valence-corrected chi connectivity index (χ3v) is 4.95. The van der Waals surface area contributed by atoms with Crippen LogP contribution in [0.25, 0.3) is 0 Å². The molecule has 0 amide bonds. The molecule has 1 heterocycles. The summed E-state index contributed by atoms with van der Waals surface area (Å²) in [6.45, 7) is 4.26. The number of nitrogens with zero attached hydrogens (tertiary/aromatic N) is 1. The molecule has 12 nitrogen and oxygen atoms in total. The number of hydrogen-bond acceptors (Lipinski definition) is 11. The van der Waals surface area contributed by atoms with E-state index < -0.39 is 11.9 Å². The molecule has 214 valence electrons. The van der Waals surface area contributed by atoms with Crippen LogP contribution >= 0.6 is 0 Å². The standard InChI is InChI=1S/C25H43NO11/c1-29-9-12-32-15-18-35-25(36-19-16-33-13-10-30-2,37-20-17-34-14-11-31-3)7-6-22-5-4-8-26-23(22)21-24(27)28/h4-5,8H,6-7,9-21H2,1-3H3,(H,27,28). The first-order valence-corrected chi connectivity index (χ1v) is 12.3. The zero-order valence-corrected chi connectivity index (χ0v) is 22.3. The van der Waals surface area contributed by atoms with Crippen LogP contribution in [0.2, 0.25) is 0 Å². The molecule has 37 heavy (non-hydrogen) atoms. The van der Waals surface area contributed by atoms with E-state index in [0.29, 0.717) is 71.6 Å². The van der Waals surface area contributed by atoms with Gasteiger partial charge in [0.2, 0.25) is 0 Å². The molecule has 0 fully saturated rings. The first kappa shape index (κ1) is 33.3. The normalized spacial score (nSPS) is 11.8. The number of carboxylic acid groups (broad SMARTS) is 1. The molecule has 1 aromatic heterocycles. The Morgan fingerprint density at radius 1 is 0.757 bits per heavy atom. The summed E-state index contributed by atoms with van der Waals surface area (Å²) < 4.78 is 49.8. The third-order valence-electron chi connectivity index (χ3n) is 4.95. The summed E-state index contributed by atoms with van der Waals surface area (Å²) in [4.78, 5) is 15.5. The van der Waals surface area contributed by atoms with E-state index in [9.17, 15) is 9.90 Å². The zero-order valence-electron chi connectivity index (χ0n) is 22.3. The lowest BCUT2D eigenvalue weighted by Crippen LogP contribution is -2.42. The van der Waals surface area contributed by atoms with Crippen LogP contribution in [0.3, 0.4) is 0 Å². The van der Waals surface area contributed by atoms with Gasteiger partial charge in [0.25, 0.3) is 5.97 Å². The van der Waals surface area contributed by atoms with Gasteiger partial charge in [-0.25, -0.2) is 0 Å². The van der Waals surface area contributed by atoms with Gasteiger partial charge in [0.1, 0.15) is 0 Å². The number of hydrogen-bond donors (Lipinski definition) is 1. The fraction of sp³-hybridized carbons (Fsp3) is 0.760. The minimum atomic E-state index is -1.43. The Balaban J connectivity index is 2.90. The Hall–Kier alpha value is -1.74. The van der Waals surface area contributed by atoms with Gasteiger partial charge in [-0.05, 0) is 18.1 Å². The molecule has 0 saturated heterocycles. The van der Waals surface area contributed by atoms with Gasteiger partial charge < -0.3 is 47.7 Å². The summed E-state index contributed by atoms with van der Waals surface area (Å²) in [6.07, 6.45) is 2.08. The van der Waals surface area contributed by atoms with E-state index >= 15 is 0 Å². The molecule has 0 aliphatic carbocycles. The van der Waals surface area contributed by atoms with Crippen LogP contribution in [0.15, 0.2) is 18.3 Å². The van der Waals surface area contributed by atoms with Crippen LogP contribution in [0, 0.1) is 0 Å². The molecule has 1 N–H and O–H groups in total. The van der Waals surface area contributed by atoms with E-state index in [-0.39, 0.29) is 32.7 Å². The highest BCUT2D eigenvalue weighted by Crippen LogP contribution is 2.24. The summed E-state index contributed by atoms with van der Waals surface area (Å²) >= 11 is 0. The first-order valence-electron chi connectivity index (χ1n) is 12.3. The number of aryl methyl sites for hydroxylation is 1. The van der Waals surface area contributed by atoms with Gasteiger partial charge in [0.05, 0.1) is 91.4 Å². The predicted molar refractivity (Wildman–Crippen MR) is 133 cm³/mol. The molecular weight excluding hydrogens is 490 g/mol. The van der Waals surface area contributed by atoms with Gasteiger partial charge in [-0.3, -0.25) is 9.78 Å². The molecule has 1 aromatic rings. The van der Waals surface area contributed by atoms with E-state index in [4.69, 9.17) is 42.6 Å². The predicted octanol–water partition coefficient (Wildman–Crippen LogP) is 1.33. The average molecular weight is 534 g/mol. The summed E-state index contributed by atoms with van der Waals surface area (Å²) in [6, 6.07) is 3.60. The number of pyridine rings is 1. The van der Waals surface area contributed by atoms with Crippen LogP contribution in [-0.4, -0.2) is 123 Å². The highest BCUT2D eigenvalue weighted by molar-refractivity contribution is 5.70. The van der Waals surface area contributed by atoms with Crippen LogP contribution in [0.5, 0.6) is 0 Å². The number of ether oxygens (including phenoxy) is 9. The van der Waals surface area contributed by atoms with E-state index in [2.05, 4.69) is 4.98 Å². The second-order valence-corrected chi connectivity index (χ2v) is 7.72. The van der Waals surface area contributed by atoms with Gasteiger partial charge in [-0.15, -0.1) is 0 Å². The maximum Gasteiger partial charge on any atom is 0.309 e. The van der Waals surface area contributed by atoms with Crippen LogP contribution < -0.4 is 0 Å². The molecule has 0 bridgehead atoms. The largest absolute Gasteiger partial charge is 0.481 e. The molecular formula is C25H43NO11. The summed E-state index contributed by atoms with van der Waals surface area (Å²) in [5.74, 6) is -2.39. The van der Waals surface area contributed by atoms with Crippen molar-refractivity contribution < 1.29 is 52.5 Å². The Morgan fingerprint density at radius 3 is 1.65 bits per heavy atom. The molecule has 0 unspecified atom stereocenters. The van der Waals surface area contributed by atoms with E-state index in [1.54, 1.807) is 33.6 Å². The zero-order chi connectivity index (χ0) is 27.0. The molecule has 0 spiro atoms. The molecule has 0 radical (unpaired) electrons. The van der Waals surface area contributed by atoms with Crippen molar-refractivity contribution in [3.8, 4) is 0 Å². The van der Waals surface area contributed by atoms with E-state index in [1.807, 2.05) is 6.07 Å². The minimum absolute atomic E-state index is 0.181. The SMILES string of the molecule is COCCOCCOC(CCc1cccnc1CC(=O)O)(OCCOCCOC)OCCOCCOC. The fourth-order valence-corrected chi connectivity index (χ4v) is 3.13. The van der Waals surface area contributed by atoms with Crippen LogP contribution in [0.1, 0.15) is 17.7 Å². The number of methoxy groups -OCH3 is 3. The smallest absolute Gasteiger partial charge is 0.309 e. The fourth-order valence-electron chi connectivity index (χ4n) is 3.13. The monoisotopic (exact) mass is 533 g/mol. The van der Waals surface area contributed by atoms with Crippen molar-refractivity contribution in [1.82, 2.24) is 4.98 Å². The maximum absolute atomic E-state index is 11.3. The second-order valence-electron chi connectivity index (χ2n) is 7.72.